The van der Waals surface area contributed by atoms with Crippen LogP contribution in [0.15, 0.2) is 33.6 Å². The number of nitrogens with two attached hydrogens (primary N) is 1. The Kier molecular flexibility index (Phi) is 1.85. The van der Waals surface area contributed by atoms with Crippen LogP contribution in [0.25, 0.3) is 22.2 Å². The van der Waals surface area contributed by atoms with E-state index in [0.29, 0.717) is 16.9 Å². The zero-order valence-corrected chi connectivity index (χ0v) is 9.10. The first kappa shape index (κ1) is 9.71. The fraction of sp³-hybridized carbons (Fsp3) is 0.0909. The van der Waals surface area contributed by atoms with Gasteiger partial charge in [-0.2, -0.15) is 5.10 Å². The Hall–Kier alpha value is -2.50. The molecule has 0 aliphatic carbocycles. The van der Waals surface area contributed by atoms with Crippen molar-refractivity contribution in [3.63, 3.8) is 0 Å². The summed E-state index contributed by atoms with van der Waals surface area (Å²) in [5.41, 5.74) is 8.65. The summed E-state index contributed by atoms with van der Waals surface area (Å²) in [6.07, 6.45) is 1.82. The monoisotopic (exact) mass is 230 g/mol. The number of nitrogens with one attached hydrogen (secondary N) is 1. The second-order valence-electron chi connectivity index (χ2n) is 3.83. The number of benzene rings is 1. The average molecular weight is 230 g/mol. The predicted molar refractivity (Wildman–Crippen MR) is 63.4 cm³/mol. The van der Waals surface area contributed by atoms with Gasteiger partial charge < -0.3 is 10.2 Å². The van der Waals surface area contributed by atoms with Gasteiger partial charge in [-0.25, -0.2) is 4.79 Å². The van der Waals surface area contributed by atoms with Crippen LogP contribution in [-0.2, 0) is 7.05 Å². The highest BCUT2D eigenvalue weighted by Crippen LogP contribution is 2.26. The molecular weight excluding hydrogens is 220 g/mol. The molecule has 0 aliphatic heterocycles. The highest BCUT2D eigenvalue weighted by Gasteiger charge is 2.09. The van der Waals surface area contributed by atoms with Crippen LogP contribution in [0.4, 0.5) is 5.82 Å². The van der Waals surface area contributed by atoms with E-state index in [1.807, 2.05) is 12.3 Å². The molecule has 6 heteroatoms. The van der Waals surface area contributed by atoms with Gasteiger partial charge in [0.25, 0.3) is 0 Å². The van der Waals surface area contributed by atoms with Crippen LogP contribution in [0.3, 0.4) is 0 Å². The second kappa shape index (κ2) is 3.24. The summed E-state index contributed by atoms with van der Waals surface area (Å²) in [6, 6.07) is 5.41. The minimum Gasteiger partial charge on any atom is -0.408 e. The van der Waals surface area contributed by atoms with E-state index in [0.717, 1.165) is 11.1 Å². The number of aromatic amines is 1. The van der Waals surface area contributed by atoms with Gasteiger partial charge >= 0.3 is 5.76 Å². The Morgan fingerprint density at radius 3 is 3.00 bits per heavy atom. The molecule has 0 amide bonds. The topological polar surface area (TPSA) is 89.8 Å². The molecule has 0 saturated carbocycles. The number of oxazole rings is 1. The van der Waals surface area contributed by atoms with Crippen LogP contribution in [0.2, 0.25) is 0 Å². The maximum Gasteiger partial charge on any atom is 0.417 e. The van der Waals surface area contributed by atoms with Crippen molar-refractivity contribution in [1.29, 1.82) is 0 Å². The lowest BCUT2D eigenvalue weighted by atomic mass is 10.1. The van der Waals surface area contributed by atoms with Crippen LogP contribution < -0.4 is 11.5 Å². The van der Waals surface area contributed by atoms with Crippen molar-refractivity contribution in [3.05, 3.63) is 34.9 Å². The zero-order valence-electron chi connectivity index (χ0n) is 9.10. The maximum absolute atomic E-state index is 11.0. The third-order valence-electron chi connectivity index (χ3n) is 2.59. The standard InChI is InChI=1S/C11H10N4O2/c1-15-5-7(10(12)14-15)6-2-3-8-9(4-6)17-11(16)13-8/h2-5H,1H3,(H2,12,14)(H,13,16). The van der Waals surface area contributed by atoms with E-state index in [9.17, 15) is 4.79 Å². The Balaban J connectivity index is 2.23. The van der Waals surface area contributed by atoms with E-state index in [2.05, 4.69) is 10.1 Å². The van der Waals surface area contributed by atoms with E-state index < -0.39 is 5.76 Å². The second-order valence-corrected chi connectivity index (χ2v) is 3.83. The van der Waals surface area contributed by atoms with Gasteiger partial charge in [0.1, 0.15) is 0 Å². The normalized spacial score (nSPS) is 11.1. The lowest BCUT2D eigenvalue weighted by molar-refractivity contribution is 0.555. The van der Waals surface area contributed by atoms with Crippen molar-refractivity contribution >= 4 is 16.9 Å². The van der Waals surface area contributed by atoms with Gasteiger partial charge in [-0.1, -0.05) is 6.07 Å². The van der Waals surface area contributed by atoms with Gasteiger partial charge in [0.05, 0.1) is 5.52 Å². The number of fused-ring (bicyclic) bond motifs is 1. The molecule has 0 aliphatic rings. The summed E-state index contributed by atoms with van der Waals surface area (Å²) in [7, 11) is 1.80. The van der Waals surface area contributed by atoms with Crippen LogP contribution in [0.1, 0.15) is 0 Å². The Morgan fingerprint density at radius 1 is 1.47 bits per heavy atom. The molecule has 2 aromatic heterocycles. The summed E-state index contributed by atoms with van der Waals surface area (Å²) in [6.45, 7) is 0. The van der Waals surface area contributed by atoms with Gasteiger partial charge in [-0.3, -0.25) is 9.67 Å². The summed E-state index contributed by atoms with van der Waals surface area (Å²) in [5, 5.41) is 4.07. The van der Waals surface area contributed by atoms with E-state index in [1.165, 1.54) is 0 Å². The summed E-state index contributed by atoms with van der Waals surface area (Å²) < 4.78 is 6.64. The predicted octanol–water partition coefficient (Wildman–Crippen LogP) is 1.10. The molecule has 0 bridgehead atoms. The first-order valence-electron chi connectivity index (χ1n) is 5.06. The molecule has 3 rings (SSSR count). The molecule has 1 aromatic carbocycles. The summed E-state index contributed by atoms with van der Waals surface area (Å²) in [5.74, 6) is -0.0129. The van der Waals surface area contributed by atoms with Gasteiger partial charge in [0, 0.05) is 18.8 Å². The number of anilines is 1. The van der Waals surface area contributed by atoms with E-state index in [4.69, 9.17) is 10.2 Å². The van der Waals surface area contributed by atoms with Crippen molar-refractivity contribution in [2.45, 2.75) is 0 Å². The van der Waals surface area contributed by atoms with E-state index in [1.54, 1.807) is 23.9 Å². The van der Waals surface area contributed by atoms with Crippen LogP contribution in [-0.4, -0.2) is 14.8 Å². The summed E-state index contributed by atoms with van der Waals surface area (Å²) in [4.78, 5) is 13.6. The summed E-state index contributed by atoms with van der Waals surface area (Å²) >= 11 is 0. The number of H-pyrrole nitrogens is 1. The van der Waals surface area contributed by atoms with Gasteiger partial charge in [0.15, 0.2) is 11.4 Å². The van der Waals surface area contributed by atoms with Gasteiger partial charge in [-0.05, 0) is 17.7 Å². The van der Waals surface area contributed by atoms with Crippen LogP contribution in [0.5, 0.6) is 0 Å². The molecule has 0 atom stereocenters. The third-order valence-corrected chi connectivity index (χ3v) is 2.59. The molecule has 3 aromatic rings. The third kappa shape index (κ3) is 1.50. The molecule has 6 nitrogen and oxygen atoms in total. The minimum atomic E-state index is -0.462. The maximum atomic E-state index is 11.0. The van der Waals surface area contributed by atoms with E-state index >= 15 is 0 Å². The van der Waals surface area contributed by atoms with Crippen molar-refractivity contribution < 1.29 is 4.42 Å². The van der Waals surface area contributed by atoms with Crippen molar-refractivity contribution in [2.24, 2.45) is 7.05 Å². The highest BCUT2D eigenvalue weighted by atomic mass is 16.4. The first-order chi connectivity index (χ1) is 8.13. The highest BCUT2D eigenvalue weighted by molar-refractivity contribution is 5.82. The Bertz CT molecular complexity index is 750. The minimum absolute atomic E-state index is 0.449. The fourth-order valence-corrected chi connectivity index (χ4v) is 1.84. The largest absolute Gasteiger partial charge is 0.417 e. The number of aryl methyl sites for hydroxylation is 1. The molecule has 3 N–H and O–H groups in total. The molecule has 0 spiro atoms. The van der Waals surface area contributed by atoms with Crippen molar-refractivity contribution in [1.82, 2.24) is 14.8 Å². The Morgan fingerprint density at radius 2 is 2.29 bits per heavy atom. The van der Waals surface area contributed by atoms with Gasteiger partial charge in [-0.15, -0.1) is 0 Å². The molecule has 86 valence electrons. The Labute approximate surface area is 95.7 Å². The number of aromatic nitrogens is 3. The van der Waals surface area contributed by atoms with Gasteiger partial charge in [0.2, 0.25) is 0 Å². The lowest BCUT2D eigenvalue weighted by Crippen LogP contribution is -1.92. The van der Waals surface area contributed by atoms with Crippen LogP contribution in [0, 0.1) is 0 Å². The van der Waals surface area contributed by atoms with E-state index in [-0.39, 0.29) is 0 Å². The molecule has 0 fully saturated rings. The number of rotatable bonds is 1. The number of nitrogens with zero attached hydrogens (tertiary/aromatic N) is 2. The zero-order chi connectivity index (χ0) is 12.0. The number of hydrogen-bond acceptors (Lipinski definition) is 4. The number of nitrogen functional groups attached to an aromatic ring is 1. The average Bonchev–Trinajstić information content (AvgIpc) is 2.78. The molecule has 0 saturated heterocycles. The smallest absolute Gasteiger partial charge is 0.408 e. The SMILES string of the molecule is Cn1cc(-c2ccc3[nH]c(=O)oc3c2)c(N)n1. The van der Waals surface area contributed by atoms with Crippen molar-refractivity contribution in [3.8, 4) is 11.1 Å². The van der Waals surface area contributed by atoms with Crippen LogP contribution >= 0.6 is 0 Å². The molecule has 17 heavy (non-hydrogen) atoms. The quantitative estimate of drug-likeness (QED) is 0.655. The molecule has 2 heterocycles. The lowest BCUT2D eigenvalue weighted by Gasteiger charge is -1.97. The first-order valence-corrected chi connectivity index (χ1v) is 5.06. The molecule has 0 radical (unpaired) electrons. The molecule has 0 unspecified atom stereocenters. The fourth-order valence-electron chi connectivity index (χ4n) is 1.84. The molecular formula is C11H10N4O2. The number of hydrogen-bond donors (Lipinski definition) is 2. The van der Waals surface area contributed by atoms with Crippen molar-refractivity contribution in [2.75, 3.05) is 5.73 Å².